The zero-order valence-corrected chi connectivity index (χ0v) is 14.0. The van der Waals surface area contributed by atoms with E-state index >= 15 is 0 Å². The van der Waals surface area contributed by atoms with E-state index in [1.807, 2.05) is 0 Å². The van der Waals surface area contributed by atoms with Crippen molar-refractivity contribution in [3.05, 3.63) is 64.7 Å². The second kappa shape index (κ2) is 7.33. The van der Waals surface area contributed by atoms with E-state index in [0.717, 1.165) is 0 Å². The van der Waals surface area contributed by atoms with Crippen molar-refractivity contribution >= 4 is 34.9 Å². The highest BCUT2D eigenvalue weighted by Crippen LogP contribution is 2.32. The molecule has 7 nitrogen and oxygen atoms in total. The molecule has 9 heteroatoms. The lowest BCUT2D eigenvalue weighted by Crippen LogP contribution is -2.14. The molecule has 0 unspecified atom stereocenters. The molecule has 2 heterocycles. The zero-order chi connectivity index (χ0) is 17.8. The third kappa shape index (κ3) is 4.14. The molecule has 1 aromatic carbocycles. The lowest BCUT2D eigenvalue weighted by atomic mass is 10.3. The lowest BCUT2D eigenvalue weighted by molar-refractivity contribution is 0.102. The number of phenols is 1. The molecule has 25 heavy (non-hydrogen) atoms. The van der Waals surface area contributed by atoms with Crippen LogP contribution in [0.15, 0.2) is 48.9 Å². The van der Waals surface area contributed by atoms with Crippen molar-refractivity contribution in [2.24, 2.45) is 0 Å². The summed E-state index contributed by atoms with van der Waals surface area (Å²) >= 11 is 11.9. The lowest BCUT2D eigenvalue weighted by Gasteiger charge is -2.10. The van der Waals surface area contributed by atoms with Gasteiger partial charge in [0.15, 0.2) is 5.82 Å². The molecule has 0 saturated heterocycles. The van der Waals surface area contributed by atoms with Crippen LogP contribution in [-0.2, 0) is 0 Å². The Bertz CT molecular complexity index is 902. The van der Waals surface area contributed by atoms with E-state index in [2.05, 4.69) is 20.3 Å². The number of amides is 1. The summed E-state index contributed by atoms with van der Waals surface area (Å²) in [5, 5.41) is 12.1. The summed E-state index contributed by atoms with van der Waals surface area (Å²) in [5.74, 6) is 0.209. The van der Waals surface area contributed by atoms with Gasteiger partial charge in [-0.25, -0.2) is 9.97 Å². The zero-order valence-electron chi connectivity index (χ0n) is 12.5. The van der Waals surface area contributed by atoms with E-state index in [4.69, 9.17) is 27.9 Å². The topological polar surface area (TPSA) is 97.2 Å². The molecule has 0 aliphatic carbocycles. The maximum Gasteiger partial charge on any atom is 0.258 e. The van der Waals surface area contributed by atoms with E-state index in [-0.39, 0.29) is 27.6 Å². The van der Waals surface area contributed by atoms with Gasteiger partial charge in [0.2, 0.25) is 5.88 Å². The van der Waals surface area contributed by atoms with Crippen molar-refractivity contribution in [3.8, 4) is 17.4 Å². The first-order valence-electron chi connectivity index (χ1n) is 6.93. The number of aromatic hydroxyl groups is 1. The van der Waals surface area contributed by atoms with Crippen LogP contribution in [0.5, 0.6) is 17.4 Å². The molecule has 0 atom stereocenters. The smallest absolute Gasteiger partial charge is 0.258 e. The number of hydrogen-bond donors (Lipinski definition) is 2. The number of benzene rings is 1. The van der Waals surface area contributed by atoms with Crippen LogP contribution in [0, 0.1) is 0 Å². The van der Waals surface area contributed by atoms with E-state index in [1.165, 1.54) is 36.8 Å². The van der Waals surface area contributed by atoms with Gasteiger partial charge >= 0.3 is 0 Å². The largest absolute Gasteiger partial charge is 0.508 e. The molecule has 126 valence electrons. The van der Waals surface area contributed by atoms with Crippen molar-refractivity contribution in [3.63, 3.8) is 0 Å². The molecular formula is C16H10Cl2N4O3. The molecule has 0 fully saturated rings. The number of hydrogen-bond acceptors (Lipinski definition) is 6. The molecule has 0 bridgehead atoms. The third-order valence-electron chi connectivity index (χ3n) is 3.03. The maximum atomic E-state index is 12.2. The molecular weight excluding hydrogens is 367 g/mol. The maximum absolute atomic E-state index is 12.2. The Morgan fingerprint density at radius 2 is 1.80 bits per heavy atom. The Morgan fingerprint density at radius 1 is 1.04 bits per heavy atom. The fourth-order valence-electron chi connectivity index (χ4n) is 1.83. The normalized spacial score (nSPS) is 10.3. The molecule has 0 aliphatic rings. The summed E-state index contributed by atoms with van der Waals surface area (Å²) in [7, 11) is 0. The molecule has 3 rings (SSSR count). The molecule has 0 spiro atoms. The van der Waals surface area contributed by atoms with Crippen LogP contribution in [-0.4, -0.2) is 26.0 Å². The standard InChI is InChI=1S/C16H10Cl2N4O3/c17-12-6-1-9(7-19-12)15(24)22-14-13(18)16(21-8-20-14)25-11-4-2-10(23)3-5-11/h1-8,23H,(H,20,21,22,24). The summed E-state index contributed by atoms with van der Waals surface area (Å²) in [6, 6.07) is 9.03. The number of carbonyl (C=O) groups excluding carboxylic acids is 1. The van der Waals surface area contributed by atoms with Crippen molar-refractivity contribution < 1.29 is 14.6 Å². The van der Waals surface area contributed by atoms with Crippen molar-refractivity contribution in [1.29, 1.82) is 0 Å². The van der Waals surface area contributed by atoms with Crippen molar-refractivity contribution in [2.45, 2.75) is 0 Å². The Labute approximate surface area is 152 Å². The highest BCUT2D eigenvalue weighted by atomic mass is 35.5. The summed E-state index contributed by atoms with van der Waals surface area (Å²) in [6.07, 6.45) is 2.54. The minimum absolute atomic E-state index is 0.0332. The van der Waals surface area contributed by atoms with E-state index in [0.29, 0.717) is 11.3 Å². The van der Waals surface area contributed by atoms with Crippen LogP contribution >= 0.6 is 23.2 Å². The summed E-state index contributed by atoms with van der Waals surface area (Å²) < 4.78 is 5.53. The van der Waals surface area contributed by atoms with Crippen LogP contribution in [0.1, 0.15) is 10.4 Å². The fourth-order valence-corrected chi connectivity index (χ4v) is 2.12. The van der Waals surface area contributed by atoms with Gasteiger partial charge in [0, 0.05) is 6.20 Å². The number of anilines is 1. The average molecular weight is 377 g/mol. The highest BCUT2D eigenvalue weighted by Gasteiger charge is 2.15. The number of pyridine rings is 1. The Balaban J connectivity index is 1.79. The third-order valence-corrected chi connectivity index (χ3v) is 3.59. The van der Waals surface area contributed by atoms with Crippen LogP contribution < -0.4 is 10.1 Å². The number of halogens is 2. The van der Waals surface area contributed by atoms with Crippen molar-refractivity contribution in [2.75, 3.05) is 5.32 Å². The predicted molar refractivity (Wildman–Crippen MR) is 92.4 cm³/mol. The van der Waals surface area contributed by atoms with E-state index in [1.54, 1.807) is 12.1 Å². The van der Waals surface area contributed by atoms with Gasteiger partial charge in [0.25, 0.3) is 5.91 Å². The van der Waals surface area contributed by atoms with Gasteiger partial charge in [-0.15, -0.1) is 0 Å². The number of phenolic OH excluding ortho intramolecular Hbond substituents is 1. The summed E-state index contributed by atoms with van der Waals surface area (Å²) in [6.45, 7) is 0. The van der Waals surface area contributed by atoms with E-state index < -0.39 is 5.91 Å². The van der Waals surface area contributed by atoms with Crippen LogP contribution in [0.4, 0.5) is 5.82 Å². The van der Waals surface area contributed by atoms with Crippen LogP contribution in [0.3, 0.4) is 0 Å². The number of carbonyl (C=O) groups is 1. The van der Waals surface area contributed by atoms with Gasteiger partial charge in [-0.3, -0.25) is 4.79 Å². The van der Waals surface area contributed by atoms with Gasteiger partial charge in [0.05, 0.1) is 5.56 Å². The summed E-state index contributed by atoms with van der Waals surface area (Å²) in [4.78, 5) is 23.9. The number of nitrogens with one attached hydrogen (secondary N) is 1. The molecule has 2 N–H and O–H groups in total. The van der Waals surface area contributed by atoms with Crippen LogP contribution in [0.25, 0.3) is 0 Å². The monoisotopic (exact) mass is 376 g/mol. The predicted octanol–water partition coefficient (Wildman–Crippen LogP) is 3.93. The molecule has 2 aromatic heterocycles. The van der Waals surface area contributed by atoms with Gasteiger partial charge in [-0.05, 0) is 36.4 Å². The average Bonchev–Trinajstić information content (AvgIpc) is 2.61. The van der Waals surface area contributed by atoms with Gasteiger partial charge < -0.3 is 15.2 Å². The molecule has 1 amide bonds. The summed E-state index contributed by atoms with van der Waals surface area (Å²) in [5.41, 5.74) is 0.292. The first kappa shape index (κ1) is 16.9. The first-order chi connectivity index (χ1) is 12.0. The second-order valence-corrected chi connectivity index (χ2v) is 5.53. The number of rotatable bonds is 4. The van der Waals surface area contributed by atoms with Gasteiger partial charge in [-0.1, -0.05) is 23.2 Å². The quantitative estimate of drug-likeness (QED) is 0.669. The van der Waals surface area contributed by atoms with E-state index in [9.17, 15) is 9.90 Å². The number of ether oxygens (including phenoxy) is 1. The van der Waals surface area contributed by atoms with Gasteiger partial charge in [-0.2, -0.15) is 4.98 Å². The Morgan fingerprint density at radius 3 is 2.48 bits per heavy atom. The van der Waals surface area contributed by atoms with Crippen LogP contribution in [0.2, 0.25) is 10.2 Å². The van der Waals surface area contributed by atoms with Crippen molar-refractivity contribution in [1.82, 2.24) is 15.0 Å². The minimum atomic E-state index is -0.458. The Hall–Kier alpha value is -2.90. The minimum Gasteiger partial charge on any atom is -0.508 e. The first-order valence-corrected chi connectivity index (χ1v) is 7.69. The molecule has 0 aliphatic heterocycles. The number of nitrogens with zero attached hydrogens (tertiary/aromatic N) is 3. The van der Waals surface area contributed by atoms with Gasteiger partial charge in [0.1, 0.15) is 28.0 Å². The second-order valence-electron chi connectivity index (χ2n) is 4.76. The Kier molecular flexibility index (Phi) is 4.97. The molecule has 3 aromatic rings. The highest BCUT2D eigenvalue weighted by molar-refractivity contribution is 6.34. The fraction of sp³-hybridized carbons (Fsp3) is 0. The molecule has 0 radical (unpaired) electrons. The number of aromatic nitrogens is 3. The SMILES string of the molecule is O=C(Nc1ncnc(Oc2ccc(O)cc2)c1Cl)c1ccc(Cl)nc1. The molecule has 0 saturated carbocycles.